The van der Waals surface area contributed by atoms with E-state index in [1.807, 2.05) is 6.92 Å². The summed E-state index contributed by atoms with van der Waals surface area (Å²) in [4.78, 5) is 30.6. The van der Waals surface area contributed by atoms with Gasteiger partial charge in [0.1, 0.15) is 5.52 Å². The Morgan fingerprint density at radius 3 is 2.71 bits per heavy atom. The molecule has 112 valence electrons. The quantitative estimate of drug-likeness (QED) is 0.934. The number of carbonyl (C=O) groups excluding carboxylic acids is 1. The number of nitrogens with zero attached hydrogens (tertiary/aromatic N) is 3. The Balaban J connectivity index is 2.91. The van der Waals surface area contributed by atoms with Crippen LogP contribution in [0, 0.1) is 0 Å². The fourth-order valence-corrected chi connectivity index (χ4v) is 2.25. The summed E-state index contributed by atoms with van der Waals surface area (Å²) < 4.78 is 1.33. The maximum atomic E-state index is 12.6. The minimum absolute atomic E-state index is 0.00875. The van der Waals surface area contributed by atoms with Crippen LogP contribution in [0.15, 0.2) is 23.1 Å². The molecule has 0 aromatic carbocycles. The van der Waals surface area contributed by atoms with Gasteiger partial charge in [-0.1, -0.05) is 0 Å². The third-order valence-corrected chi connectivity index (χ3v) is 3.49. The fraction of sp³-hybridized carbons (Fsp3) is 0.400. The molecule has 2 aromatic rings. The van der Waals surface area contributed by atoms with Crippen LogP contribution in [0.4, 0.5) is 0 Å². The van der Waals surface area contributed by atoms with Crippen LogP contribution in [-0.4, -0.2) is 39.1 Å². The largest absolute Gasteiger partial charge is 0.504 e. The first-order valence-electron chi connectivity index (χ1n) is 6.87. The molecule has 0 saturated carbocycles. The van der Waals surface area contributed by atoms with E-state index in [9.17, 15) is 14.7 Å². The van der Waals surface area contributed by atoms with Gasteiger partial charge >= 0.3 is 0 Å². The van der Waals surface area contributed by atoms with Gasteiger partial charge in [0.2, 0.25) is 0 Å². The normalized spacial score (nSPS) is 11.1. The zero-order chi connectivity index (χ0) is 15.7. The van der Waals surface area contributed by atoms with E-state index in [2.05, 4.69) is 4.98 Å². The number of aromatic hydroxyl groups is 1. The summed E-state index contributed by atoms with van der Waals surface area (Å²) in [5.74, 6) is -0.641. The van der Waals surface area contributed by atoms with Crippen molar-refractivity contribution < 1.29 is 9.90 Å². The van der Waals surface area contributed by atoms with Crippen LogP contribution in [0.25, 0.3) is 10.9 Å². The molecule has 21 heavy (non-hydrogen) atoms. The fourth-order valence-electron chi connectivity index (χ4n) is 2.25. The molecule has 2 heterocycles. The van der Waals surface area contributed by atoms with Crippen LogP contribution >= 0.6 is 0 Å². The number of pyridine rings is 2. The molecule has 0 unspecified atom stereocenters. The predicted molar refractivity (Wildman–Crippen MR) is 80.7 cm³/mol. The minimum atomic E-state index is -0.395. The summed E-state index contributed by atoms with van der Waals surface area (Å²) in [7, 11) is 1.62. The van der Waals surface area contributed by atoms with Gasteiger partial charge < -0.3 is 10.0 Å². The van der Waals surface area contributed by atoms with Gasteiger partial charge in [-0.3, -0.25) is 19.1 Å². The Morgan fingerprint density at radius 2 is 2.14 bits per heavy atom. The smallest absolute Gasteiger partial charge is 0.274 e. The summed E-state index contributed by atoms with van der Waals surface area (Å²) >= 11 is 0. The highest BCUT2D eigenvalue weighted by Gasteiger charge is 2.25. The molecule has 0 radical (unpaired) electrons. The van der Waals surface area contributed by atoms with Crippen molar-refractivity contribution in [2.24, 2.45) is 0 Å². The number of hydrogen-bond donors (Lipinski definition) is 1. The topological polar surface area (TPSA) is 75.4 Å². The van der Waals surface area contributed by atoms with Crippen LogP contribution in [0.3, 0.4) is 0 Å². The summed E-state index contributed by atoms with van der Waals surface area (Å²) in [5, 5.41) is 10.8. The number of aromatic nitrogens is 2. The first kappa shape index (κ1) is 15.0. The molecule has 2 aromatic heterocycles. The highest BCUT2D eigenvalue weighted by molar-refractivity contribution is 6.00. The summed E-state index contributed by atoms with van der Waals surface area (Å²) in [6, 6.07) is 2.98. The van der Waals surface area contributed by atoms with Crippen molar-refractivity contribution in [2.45, 2.75) is 26.8 Å². The first-order valence-corrected chi connectivity index (χ1v) is 6.87. The van der Waals surface area contributed by atoms with Gasteiger partial charge in [-0.15, -0.1) is 0 Å². The van der Waals surface area contributed by atoms with Crippen LogP contribution < -0.4 is 5.56 Å². The number of carbonyl (C=O) groups is 1. The Kier molecular flexibility index (Phi) is 3.97. The zero-order valence-electron chi connectivity index (χ0n) is 12.6. The molecular formula is C15H19N3O3. The highest BCUT2D eigenvalue weighted by atomic mass is 16.3. The third kappa shape index (κ3) is 2.37. The van der Waals surface area contributed by atoms with Gasteiger partial charge in [-0.2, -0.15) is 0 Å². The van der Waals surface area contributed by atoms with E-state index < -0.39 is 5.91 Å². The lowest BCUT2D eigenvalue weighted by Crippen LogP contribution is -2.34. The number of hydrogen-bond acceptors (Lipinski definition) is 4. The van der Waals surface area contributed by atoms with E-state index in [1.165, 1.54) is 15.7 Å². The molecule has 0 aliphatic heterocycles. The molecule has 0 saturated heterocycles. The standard InChI is InChI=1S/C15H19N3O3/c1-5-17(4)15(21)12-13(19)11-10(7-6-8-16-11)14(20)18(12)9(2)3/h6-9,19H,5H2,1-4H3. The van der Waals surface area contributed by atoms with E-state index in [0.717, 1.165) is 0 Å². The van der Waals surface area contributed by atoms with Crippen molar-refractivity contribution in [1.82, 2.24) is 14.5 Å². The third-order valence-electron chi connectivity index (χ3n) is 3.49. The molecule has 0 bridgehead atoms. The molecule has 0 aliphatic rings. The van der Waals surface area contributed by atoms with E-state index >= 15 is 0 Å². The summed E-state index contributed by atoms with van der Waals surface area (Å²) in [6.45, 7) is 5.90. The van der Waals surface area contributed by atoms with Crippen molar-refractivity contribution >= 4 is 16.8 Å². The lowest BCUT2D eigenvalue weighted by molar-refractivity contribution is 0.0785. The second-order valence-corrected chi connectivity index (χ2v) is 5.19. The molecule has 1 N–H and O–H groups in total. The lowest BCUT2D eigenvalue weighted by Gasteiger charge is -2.22. The van der Waals surface area contributed by atoms with E-state index in [-0.39, 0.29) is 28.6 Å². The Morgan fingerprint density at radius 1 is 1.48 bits per heavy atom. The zero-order valence-corrected chi connectivity index (χ0v) is 12.6. The van der Waals surface area contributed by atoms with E-state index in [1.54, 1.807) is 33.0 Å². The van der Waals surface area contributed by atoms with Gasteiger partial charge in [0.15, 0.2) is 11.4 Å². The average molecular weight is 289 g/mol. The summed E-state index contributed by atoms with van der Waals surface area (Å²) in [6.07, 6.45) is 1.49. The van der Waals surface area contributed by atoms with Gasteiger partial charge in [0.25, 0.3) is 11.5 Å². The minimum Gasteiger partial charge on any atom is -0.504 e. The summed E-state index contributed by atoms with van der Waals surface area (Å²) in [5.41, 5.74) is -0.170. The van der Waals surface area contributed by atoms with Crippen LogP contribution in [0.1, 0.15) is 37.3 Å². The van der Waals surface area contributed by atoms with Gasteiger partial charge in [-0.25, -0.2) is 0 Å². The van der Waals surface area contributed by atoms with Gasteiger partial charge in [0.05, 0.1) is 5.39 Å². The molecule has 6 heteroatoms. The molecule has 1 amide bonds. The second kappa shape index (κ2) is 5.55. The molecule has 0 spiro atoms. The van der Waals surface area contributed by atoms with E-state index in [4.69, 9.17) is 0 Å². The lowest BCUT2D eigenvalue weighted by atomic mass is 10.1. The highest BCUT2D eigenvalue weighted by Crippen LogP contribution is 2.27. The van der Waals surface area contributed by atoms with Gasteiger partial charge in [-0.05, 0) is 32.9 Å². The molecular weight excluding hydrogens is 270 g/mol. The Hall–Kier alpha value is -2.37. The predicted octanol–water partition coefficient (Wildman–Crippen LogP) is 1.77. The van der Waals surface area contributed by atoms with Crippen LogP contribution in [0.5, 0.6) is 5.75 Å². The first-order chi connectivity index (χ1) is 9.90. The maximum Gasteiger partial charge on any atom is 0.274 e. The number of rotatable bonds is 3. The number of amides is 1. The molecule has 0 atom stereocenters. The van der Waals surface area contributed by atoms with E-state index in [0.29, 0.717) is 11.9 Å². The van der Waals surface area contributed by atoms with Crippen molar-refractivity contribution in [1.29, 1.82) is 0 Å². The monoisotopic (exact) mass is 289 g/mol. The average Bonchev–Trinajstić information content (AvgIpc) is 2.48. The van der Waals surface area contributed by atoms with Crippen molar-refractivity contribution in [3.05, 3.63) is 34.4 Å². The number of fused-ring (bicyclic) bond motifs is 1. The van der Waals surface area contributed by atoms with Crippen molar-refractivity contribution in [3.63, 3.8) is 0 Å². The SMILES string of the molecule is CCN(C)C(=O)c1c(O)c2ncccc2c(=O)n1C(C)C. The molecule has 0 fully saturated rings. The Labute approximate surface area is 122 Å². The van der Waals surface area contributed by atoms with Crippen LogP contribution in [0.2, 0.25) is 0 Å². The van der Waals surface area contributed by atoms with Crippen LogP contribution in [-0.2, 0) is 0 Å². The molecule has 0 aliphatic carbocycles. The molecule has 2 rings (SSSR count). The van der Waals surface area contributed by atoms with Crippen molar-refractivity contribution in [3.8, 4) is 5.75 Å². The maximum absolute atomic E-state index is 12.6. The Bertz CT molecular complexity index is 750. The second-order valence-electron chi connectivity index (χ2n) is 5.19. The molecule has 6 nitrogen and oxygen atoms in total. The van der Waals surface area contributed by atoms with Gasteiger partial charge in [0, 0.05) is 25.8 Å². The van der Waals surface area contributed by atoms with Crippen molar-refractivity contribution in [2.75, 3.05) is 13.6 Å².